The lowest BCUT2D eigenvalue weighted by Crippen LogP contribution is -2.54. The monoisotopic (exact) mass is 501 g/mol. The zero-order valence-electron chi connectivity index (χ0n) is 21.4. The van der Waals surface area contributed by atoms with Gasteiger partial charge >= 0.3 is 0 Å². The van der Waals surface area contributed by atoms with Crippen LogP contribution in [0, 0.1) is 5.92 Å². The summed E-state index contributed by atoms with van der Waals surface area (Å²) in [4.78, 5) is 43.3. The van der Waals surface area contributed by atoms with Crippen LogP contribution in [0.15, 0.2) is 85.2 Å². The Balaban J connectivity index is 1.69. The molecule has 0 saturated heterocycles. The highest BCUT2D eigenvalue weighted by Crippen LogP contribution is 2.12. The van der Waals surface area contributed by atoms with Crippen LogP contribution in [0.25, 0.3) is 0 Å². The molecule has 1 heterocycles. The molecule has 3 atom stereocenters. The molecule has 0 spiro atoms. The number of carbonyl (C=O) groups is 3. The molecule has 1 unspecified atom stereocenters. The van der Waals surface area contributed by atoms with Crippen molar-refractivity contribution in [2.45, 2.75) is 51.8 Å². The smallest absolute Gasteiger partial charge is 0.253 e. The van der Waals surface area contributed by atoms with Crippen molar-refractivity contribution in [3.63, 3.8) is 0 Å². The van der Waals surface area contributed by atoms with Crippen molar-refractivity contribution < 1.29 is 19.1 Å². The minimum Gasteiger partial charge on any atom is -0.369 e. The molecule has 0 aliphatic rings. The lowest BCUT2D eigenvalue weighted by molar-refractivity contribution is -0.132. The molecule has 37 heavy (non-hydrogen) atoms. The van der Waals surface area contributed by atoms with Crippen molar-refractivity contribution in [2.24, 2.45) is 5.92 Å². The van der Waals surface area contributed by atoms with E-state index in [4.69, 9.17) is 4.74 Å². The predicted octanol–water partition coefficient (Wildman–Crippen LogP) is 4.13. The molecule has 0 aliphatic heterocycles. The fourth-order valence-electron chi connectivity index (χ4n) is 3.90. The minimum absolute atomic E-state index is 0.120. The van der Waals surface area contributed by atoms with Crippen LogP contribution < -0.4 is 10.6 Å². The molecule has 7 nitrogen and oxygen atoms in total. The third kappa shape index (κ3) is 8.95. The minimum atomic E-state index is -0.796. The number of aryl methyl sites for hydroxylation is 1. The predicted molar refractivity (Wildman–Crippen MR) is 143 cm³/mol. The van der Waals surface area contributed by atoms with E-state index in [0.717, 1.165) is 11.1 Å². The highest BCUT2D eigenvalue weighted by Gasteiger charge is 2.30. The molecule has 194 valence electrons. The lowest BCUT2D eigenvalue weighted by atomic mass is 9.96. The maximum atomic E-state index is 13.4. The van der Waals surface area contributed by atoms with E-state index < -0.39 is 12.1 Å². The van der Waals surface area contributed by atoms with E-state index in [0.29, 0.717) is 31.4 Å². The first kappa shape index (κ1) is 27.7. The first-order chi connectivity index (χ1) is 18.0. The third-order valence-electron chi connectivity index (χ3n) is 6.33. The molecule has 2 N–H and O–H groups in total. The van der Waals surface area contributed by atoms with Crippen LogP contribution in [-0.4, -0.2) is 41.3 Å². The number of carbonyl (C=O) groups excluding carboxylic acids is 3. The van der Waals surface area contributed by atoms with Gasteiger partial charge in [0.2, 0.25) is 5.91 Å². The van der Waals surface area contributed by atoms with E-state index in [1.807, 2.05) is 74.5 Å². The van der Waals surface area contributed by atoms with Gasteiger partial charge in [0, 0.05) is 12.4 Å². The summed E-state index contributed by atoms with van der Waals surface area (Å²) in [6.45, 7) is 4.04. The highest BCUT2D eigenvalue weighted by atomic mass is 16.5. The van der Waals surface area contributed by atoms with Gasteiger partial charge in [-0.2, -0.15) is 0 Å². The number of rotatable bonds is 14. The first-order valence-corrected chi connectivity index (χ1v) is 12.7. The van der Waals surface area contributed by atoms with Crippen LogP contribution >= 0.6 is 0 Å². The Hall–Kier alpha value is -3.84. The zero-order valence-corrected chi connectivity index (χ0v) is 21.4. The zero-order chi connectivity index (χ0) is 26.5. The van der Waals surface area contributed by atoms with Gasteiger partial charge in [0.1, 0.15) is 12.6 Å². The molecule has 2 amide bonds. The Kier molecular flexibility index (Phi) is 11.0. The Labute approximate surface area is 218 Å². The number of ether oxygens (including phenoxy) is 1. The van der Waals surface area contributed by atoms with Crippen LogP contribution in [0.3, 0.4) is 0 Å². The summed E-state index contributed by atoms with van der Waals surface area (Å²) in [5, 5.41) is 5.74. The van der Waals surface area contributed by atoms with Crippen LogP contribution in [0.5, 0.6) is 0 Å². The molecule has 1 aromatic heterocycles. The Morgan fingerprint density at radius 3 is 2.19 bits per heavy atom. The van der Waals surface area contributed by atoms with E-state index in [2.05, 4.69) is 15.6 Å². The Morgan fingerprint density at radius 2 is 1.57 bits per heavy atom. The second-order valence-electron chi connectivity index (χ2n) is 9.11. The standard InChI is InChI=1S/C30H35N3O4/c1-3-22(2)28(33-29(35)25-15-10-18-31-19-25)30(36)32-26(17-16-23-11-6-4-7-12-23)27(34)21-37-20-24-13-8-5-9-14-24/h4-15,18-19,22,26,28H,3,16-17,20-21H2,1-2H3,(H,32,36)(H,33,35)/t22?,26-,28-/m0/s1. The Morgan fingerprint density at radius 1 is 0.892 bits per heavy atom. The fourth-order valence-corrected chi connectivity index (χ4v) is 3.90. The molecule has 0 fully saturated rings. The largest absolute Gasteiger partial charge is 0.369 e. The summed E-state index contributed by atoms with van der Waals surface area (Å²) in [7, 11) is 0. The van der Waals surface area contributed by atoms with Gasteiger partial charge in [-0.3, -0.25) is 19.4 Å². The SMILES string of the molecule is CCC(C)[C@H](NC(=O)c1cccnc1)C(=O)N[C@@H](CCc1ccccc1)C(=O)COCc1ccccc1. The Bertz CT molecular complexity index is 1120. The van der Waals surface area contributed by atoms with Crippen LogP contribution in [0.2, 0.25) is 0 Å². The number of aromatic nitrogens is 1. The van der Waals surface area contributed by atoms with Gasteiger partial charge in [0.15, 0.2) is 5.78 Å². The van der Waals surface area contributed by atoms with Gasteiger partial charge in [-0.25, -0.2) is 0 Å². The van der Waals surface area contributed by atoms with E-state index in [1.165, 1.54) is 6.20 Å². The van der Waals surface area contributed by atoms with E-state index in [1.54, 1.807) is 18.3 Å². The van der Waals surface area contributed by atoms with Crippen molar-refractivity contribution in [3.8, 4) is 0 Å². The number of hydrogen-bond donors (Lipinski definition) is 2. The van der Waals surface area contributed by atoms with Crippen molar-refractivity contribution in [1.82, 2.24) is 15.6 Å². The van der Waals surface area contributed by atoms with E-state index >= 15 is 0 Å². The van der Waals surface area contributed by atoms with Crippen molar-refractivity contribution in [1.29, 1.82) is 0 Å². The first-order valence-electron chi connectivity index (χ1n) is 12.7. The maximum absolute atomic E-state index is 13.4. The molecular formula is C30H35N3O4. The second kappa shape index (κ2) is 14.7. The topological polar surface area (TPSA) is 97.4 Å². The lowest BCUT2D eigenvalue weighted by Gasteiger charge is -2.26. The number of pyridine rings is 1. The average Bonchev–Trinajstić information content (AvgIpc) is 2.94. The molecule has 2 aromatic carbocycles. The summed E-state index contributed by atoms with van der Waals surface area (Å²) >= 11 is 0. The molecule has 0 radical (unpaired) electrons. The summed E-state index contributed by atoms with van der Waals surface area (Å²) < 4.78 is 5.67. The fraction of sp³-hybridized carbons (Fsp3) is 0.333. The van der Waals surface area contributed by atoms with E-state index in [9.17, 15) is 14.4 Å². The number of nitrogens with one attached hydrogen (secondary N) is 2. The number of benzene rings is 2. The number of amides is 2. The van der Waals surface area contributed by atoms with Gasteiger partial charge in [-0.1, -0.05) is 80.9 Å². The van der Waals surface area contributed by atoms with Gasteiger partial charge in [-0.05, 0) is 42.0 Å². The molecular weight excluding hydrogens is 466 g/mol. The van der Waals surface area contributed by atoms with Crippen LogP contribution in [-0.2, 0) is 27.4 Å². The third-order valence-corrected chi connectivity index (χ3v) is 6.33. The average molecular weight is 502 g/mol. The number of hydrogen-bond acceptors (Lipinski definition) is 5. The molecule has 0 aliphatic carbocycles. The normalized spacial score (nSPS) is 13.2. The van der Waals surface area contributed by atoms with Gasteiger partial charge in [-0.15, -0.1) is 0 Å². The van der Waals surface area contributed by atoms with Gasteiger partial charge < -0.3 is 15.4 Å². The molecule has 3 aromatic rings. The second-order valence-corrected chi connectivity index (χ2v) is 9.11. The quantitative estimate of drug-likeness (QED) is 0.346. The van der Waals surface area contributed by atoms with E-state index in [-0.39, 0.29) is 30.1 Å². The van der Waals surface area contributed by atoms with Crippen molar-refractivity contribution >= 4 is 17.6 Å². The number of ketones is 1. The summed E-state index contributed by atoms with van der Waals surface area (Å²) in [6.07, 6.45) is 4.75. The molecule has 7 heteroatoms. The van der Waals surface area contributed by atoms with Gasteiger partial charge in [0.05, 0.1) is 18.2 Å². The van der Waals surface area contributed by atoms with Gasteiger partial charge in [0.25, 0.3) is 5.91 Å². The summed E-state index contributed by atoms with van der Waals surface area (Å²) in [5.41, 5.74) is 2.41. The summed E-state index contributed by atoms with van der Waals surface area (Å²) in [6, 6.07) is 21.2. The molecule has 0 saturated carbocycles. The summed E-state index contributed by atoms with van der Waals surface area (Å²) in [5.74, 6) is -1.12. The molecule has 3 rings (SSSR count). The molecule has 0 bridgehead atoms. The number of Topliss-reactive ketones (excluding diaryl/α,β-unsaturated/α-hetero) is 1. The van der Waals surface area contributed by atoms with Crippen molar-refractivity contribution in [3.05, 3.63) is 102 Å². The van der Waals surface area contributed by atoms with Crippen LogP contribution in [0.4, 0.5) is 0 Å². The number of nitrogens with zero attached hydrogens (tertiary/aromatic N) is 1. The maximum Gasteiger partial charge on any atom is 0.253 e. The van der Waals surface area contributed by atoms with Crippen molar-refractivity contribution in [2.75, 3.05) is 6.61 Å². The van der Waals surface area contributed by atoms with Crippen LogP contribution in [0.1, 0.15) is 48.2 Å². The highest BCUT2D eigenvalue weighted by molar-refractivity contribution is 5.98.